The van der Waals surface area contributed by atoms with Gasteiger partial charge in [0.15, 0.2) is 0 Å². The Morgan fingerprint density at radius 3 is 1.32 bits per heavy atom. The highest BCUT2D eigenvalue weighted by atomic mass is 16.5. The second-order valence-electron chi connectivity index (χ2n) is 6.21. The van der Waals surface area contributed by atoms with Gasteiger partial charge in [-0.05, 0) is 35.4 Å². The van der Waals surface area contributed by atoms with Crippen molar-refractivity contribution >= 4 is 11.7 Å². The molecule has 28 heavy (non-hydrogen) atoms. The number of nitrogen functional groups attached to an aromatic ring is 2. The summed E-state index contributed by atoms with van der Waals surface area (Å²) in [5.41, 5.74) is 14.3. The number of benzene rings is 3. The standard InChI is InChI=1S/C22H22N4O2/c23-21(24)17-5-1-3-7-19(17)27-13-15-9-11-16(12-10-15)14-28-20-8-4-2-6-18(20)22(25)26/h1-12H,13-14H2,(H3,23,24)(H3,25,26). The summed E-state index contributed by atoms with van der Waals surface area (Å²) in [7, 11) is 0. The number of para-hydroxylation sites is 2. The Labute approximate surface area is 163 Å². The molecule has 0 atom stereocenters. The number of hydrogen-bond acceptors (Lipinski definition) is 4. The molecule has 3 rings (SSSR count). The SMILES string of the molecule is N=C(N)c1ccccc1OCc1ccc(COc2ccccc2C(=N)N)cc1. The predicted octanol–water partition coefficient (Wildman–Crippen LogP) is 3.41. The highest BCUT2D eigenvalue weighted by Crippen LogP contribution is 2.20. The number of ether oxygens (including phenoxy) is 2. The molecule has 0 saturated heterocycles. The van der Waals surface area contributed by atoms with Crippen LogP contribution in [0.1, 0.15) is 22.3 Å². The Bertz CT molecular complexity index is 903. The zero-order chi connectivity index (χ0) is 19.9. The van der Waals surface area contributed by atoms with Crippen LogP contribution in [0.5, 0.6) is 11.5 Å². The third-order valence-electron chi connectivity index (χ3n) is 4.17. The van der Waals surface area contributed by atoms with Crippen molar-refractivity contribution in [2.75, 3.05) is 0 Å². The molecule has 0 heterocycles. The van der Waals surface area contributed by atoms with E-state index in [2.05, 4.69) is 0 Å². The van der Waals surface area contributed by atoms with E-state index in [0.29, 0.717) is 35.8 Å². The Balaban J connectivity index is 1.60. The average molecular weight is 374 g/mol. The van der Waals surface area contributed by atoms with E-state index in [1.54, 1.807) is 24.3 Å². The van der Waals surface area contributed by atoms with Crippen molar-refractivity contribution in [3.05, 3.63) is 95.1 Å². The van der Waals surface area contributed by atoms with Gasteiger partial charge in [-0.1, -0.05) is 48.5 Å². The minimum absolute atomic E-state index is 0.0195. The van der Waals surface area contributed by atoms with Gasteiger partial charge in [-0.25, -0.2) is 0 Å². The van der Waals surface area contributed by atoms with Gasteiger partial charge in [-0.15, -0.1) is 0 Å². The first-order valence-electron chi connectivity index (χ1n) is 8.75. The highest BCUT2D eigenvalue weighted by Gasteiger charge is 2.07. The van der Waals surface area contributed by atoms with Gasteiger partial charge >= 0.3 is 0 Å². The maximum atomic E-state index is 7.61. The maximum Gasteiger partial charge on any atom is 0.130 e. The molecule has 0 aromatic heterocycles. The van der Waals surface area contributed by atoms with Crippen LogP contribution >= 0.6 is 0 Å². The van der Waals surface area contributed by atoms with Crippen LogP contribution < -0.4 is 20.9 Å². The first-order valence-corrected chi connectivity index (χ1v) is 8.75. The fourth-order valence-corrected chi connectivity index (χ4v) is 2.68. The average Bonchev–Trinajstić information content (AvgIpc) is 2.71. The van der Waals surface area contributed by atoms with Crippen LogP contribution in [0.25, 0.3) is 0 Å². The molecule has 0 fully saturated rings. The molecule has 0 aliphatic carbocycles. The topological polar surface area (TPSA) is 118 Å². The second-order valence-corrected chi connectivity index (χ2v) is 6.21. The predicted molar refractivity (Wildman–Crippen MR) is 110 cm³/mol. The van der Waals surface area contributed by atoms with E-state index in [1.807, 2.05) is 48.5 Å². The van der Waals surface area contributed by atoms with Gasteiger partial charge in [0.1, 0.15) is 36.4 Å². The molecule has 6 heteroatoms. The van der Waals surface area contributed by atoms with Gasteiger partial charge in [-0.2, -0.15) is 0 Å². The van der Waals surface area contributed by atoms with Crippen LogP contribution in [0.2, 0.25) is 0 Å². The van der Waals surface area contributed by atoms with E-state index < -0.39 is 0 Å². The van der Waals surface area contributed by atoms with Crippen LogP contribution in [0, 0.1) is 10.8 Å². The fourth-order valence-electron chi connectivity index (χ4n) is 2.68. The molecule has 6 N–H and O–H groups in total. The van der Waals surface area contributed by atoms with Crippen molar-refractivity contribution in [3.63, 3.8) is 0 Å². The number of nitrogens with one attached hydrogen (secondary N) is 2. The van der Waals surface area contributed by atoms with Crippen molar-refractivity contribution < 1.29 is 9.47 Å². The van der Waals surface area contributed by atoms with Gasteiger partial charge in [0.25, 0.3) is 0 Å². The van der Waals surface area contributed by atoms with Crippen LogP contribution in [0.4, 0.5) is 0 Å². The molecular weight excluding hydrogens is 352 g/mol. The lowest BCUT2D eigenvalue weighted by atomic mass is 10.1. The smallest absolute Gasteiger partial charge is 0.130 e. The van der Waals surface area contributed by atoms with Crippen LogP contribution in [0.3, 0.4) is 0 Å². The summed E-state index contributed by atoms with van der Waals surface area (Å²) < 4.78 is 11.6. The Morgan fingerprint density at radius 2 is 0.964 bits per heavy atom. The quantitative estimate of drug-likeness (QED) is 0.357. The lowest BCUT2D eigenvalue weighted by Gasteiger charge is -2.12. The van der Waals surface area contributed by atoms with Crippen LogP contribution in [-0.4, -0.2) is 11.7 Å². The molecule has 0 saturated carbocycles. The Morgan fingerprint density at radius 1 is 0.607 bits per heavy atom. The molecule has 0 aliphatic rings. The Hall–Kier alpha value is -3.80. The van der Waals surface area contributed by atoms with Crippen LogP contribution in [-0.2, 0) is 13.2 Å². The molecule has 3 aromatic carbocycles. The van der Waals surface area contributed by atoms with Gasteiger partial charge < -0.3 is 20.9 Å². The maximum absolute atomic E-state index is 7.61. The van der Waals surface area contributed by atoms with Crippen molar-refractivity contribution in [2.24, 2.45) is 11.5 Å². The molecule has 0 bridgehead atoms. The molecule has 0 unspecified atom stereocenters. The largest absolute Gasteiger partial charge is 0.488 e. The molecule has 0 aliphatic heterocycles. The third kappa shape index (κ3) is 4.67. The number of amidine groups is 2. The van der Waals surface area contributed by atoms with E-state index in [-0.39, 0.29) is 11.7 Å². The van der Waals surface area contributed by atoms with Gasteiger partial charge in [-0.3, -0.25) is 10.8 Å². The van der Waals surface area contributed by atoms with Crippen molar-refractivity contribution in [2.45, 2.75) is 13.2 Å². The summed E-state index contributed by atoms with van der Waals surface area (Å²) in [6, 6.07) is 22.3. The van der Waals surface area contributed by atoms with E-state index in [0.717, 1.165) is 11.1 Å². The molecule has 0 spiro atoms. The summed E-state index contributed by atoms with van der Waals surface area (Å²) in [6.45, 7) is 0.747. The van der Waals surface area contributed by atoms with E-state index >= 15 is 0 Å². The fraction of sp³-hybridized carbons (Fsp3) is 0.0909. The first kappa shape index (κ1) is 19.0. The van der Waals surface area contributed by atoms with E-state index in [1.165, 1.54) is 0 Å². The van der Waals surface area contributed by atoms with E-state index in [4.69, 9.17) is 31.8 Å². The summed E-state index contributed by atoms with van der Waals surface area (Å²) in [5.74, 6) is 1.13. The summed E-state index contributed by atoms with van der Waals surface area (Å²) in [5, 5.41) is 15.2. The molecule has 0 radical (unpaired) electrons. The summed E-state index contributed by atoms with van der Waals surface area (Å²) in [4.78, 5) is 0. The highest BCUT2D eigenvalue weighted by molar-refractivity contribution is 5.98. The van der Waals surface area contributed by atoms with Gasteiger partial charge in [0, 0.05) is 0 Å². The van der Waals surface area contributed by atoms with Crippen LogP contribution in [0.15, 0.2) is 72.8 Å². The first-order chi connectivity index (χ1) is 13.5. The minimum Gasteiger partial charge on any atom is -0.488 e. The monoisotopic (exact) mass is 374 g/mol. The minimum atomic E-state index is -0.0195. The normalized spacial score (nSPS) is 10.3. The summed E-state index contributed by atoms with van der Waals surface area (Å²) in [6.07, 6.45) is 0. The molecule has 3 aromatic rings. The zero-order valence-electron chi connectivity index (χ0n) is 15.3. The molecule has 0 amide bonds. The summed E-state index contributed by atoms with van der Waals surface area (Å²) >= 11 is 0. The number of rotatable bonds is 8. The number of nitrogens with two attached hydrogens (primary N) is 2. The van der Waals surface area contributed by atoms with Crippen molar-refractivity contribution in [3.8, 4) is 11.5 Å². The molecule has 142 valence electrons. The molecule has 6 nitrogen and oxygen atoms in total. The van der Waals surface area contributed by atoms with E-state index in [9.17, 15) is 0 Å². The van der Waals surface area contributed by atoms with Crippen molar-refractivity contribution in [1.29, 1.82) is 10.8 Å². The van der Waals surface area contributed by atoms with Crippen molar-refractivity contribution in [1.82, 2.24) is 0 Å². The lowest BCUT2D eigenvalue weighted by Crippen LogP contribution is -2.13. The lowest BCUT2D eigenvalue weighted by molar-refractivity contribution is 0.302. The van der Waals surface area contributed by atoms with Gasteiger partial charge in [0.2, 0.25) is 0 Å². The zero-order valence-corrected chi connectivity index (χ0v) is 15.3. The third-order valence-corrected chi connectivity index (χ3v) is 4.17. The Kier molecular flexibility index (Phi) is 5.91. The van der Waals surface area contributed by atoms with Gasteiger partial charge in [0.05, 0.1) is 11.1 Å². The second kappa shape index (κ2) is 8.73. The molecular formula is C22H22N4O2. The number of hydrogen-bond donors (Lipinski definition) is 4.